The van der Waals surface area contributed by atoms with Crippen LogP contribution in [-0.4, -0.2) is 66.6 Å². The molecule has 1 aromatic heterocycles. The number of hydrogen-bond donors (Lipinski definition) is 0. The molecule has 0 bridgehead atoms. The van der Waals surface area contributed by atoms with E-state index in [1.165, 1.54) is 23.7 Å². The quantitative estimate of drug-likeness (QED) is 0.602. The molecule has 1 aromatic carbocycles. The van der Waals surface area contributed by atoms with E-state index in [-0.39, 0.29) is 21.9 Å². The number of carbonyl (C=O) groups is 1. The van der Waals surface area contributed by atoms with Gasteiger partial charge in [-0.1, -0.05) is 25.4 Å². The molecule has 1 unspecified atom stereocenters. The summed E-state index contributed by atoms with van der Waals surface area (Å²) in [5, 5.41) is 1.05. The van der Waals surface area contributed by atoms with E-state index in [0.29, 0.717) is 24.6 Å². The van der Waals surface area contributed by atoms with Crippen molar-refractivity contribution in [1.29, 1.82) is 0 Å². The number of anilines is 1. The molecular weight excluding hydrogens is 472 g/mol. The second-order valence-electron chi connectivity index (χ2n) is 8.60. The Morgan fingerprint density at radius 2 is 1.91 bits per heavy atom. The van der Waals surface area contributed by atoms with Gasteiger partial charge in [-0.25, -0.2) is 13.4 Å². The zero-order valence-corrected chi connectivity index (χ0v) is 20.7. The molecule has 0 radical (unpaired) electrons. The van der Waals surface area contributed by atoms with Crippen molar-refractivity contribution in [1.82, 2.24) is 14.3 Å². The summed E-state index contributed by atoms with van der Waals surface area (Å²) in [4.78, 5) is 21.9. The number of sulfone groups is 1. The van der Waals surface area contributed by atoms with Gasteiger partial charge in [-0.05, 0) is 25.0 Å². The number of halogens is 1. The average molecular weight is 499 g/mol. The van der Waals surface area contributed by atoms with Gasteiger partial charge in [0.2, 0.25) is 5.13 Å². The zero-order chi connectivity index (χ0) is 23.0. The summed E-state index contributed by atoms with van der Waals surface area (Å²) in [6, 6.07) is 4.60. The molecule has 0 N–H and O–H groups in total. The average Bonchev–Trinajstić information content (AvgIpc) is 3.35. The Balaban J connectivity index is 1.34. The summed E-state index contributed by atoms with van der Waals surface area (Å²) in [6.07, 6.45) is 2.88. The number of hydrogen-bond acceptors (Lipinski definition) is 8. The summed E-state index contributed by atoms with van der Waals surface area (Å²) in [5.41, 5.74) is 0. The number of likely N-dealkylation sites (tertiary alicyclic amines) is 1. The first-order valence-electron chi connectivity index (χ1n) is 10.7. The van der Waals surface area contributed by atoms with Crippen LogP contribution < -0.4 is 9.64 Å². The number of nitrogens with zero attached hydrogens (tertiary/aromatic N) is 4. The lowest BCUT2D eigenvalue weighted by molar-refractivity contribution is -0.135. The lowest BCUT2D eigenvalue weighted by Gasteiger charge is -2.36. The molecule has 2 aliphatic heterocycles. The van der Waals surface area contributed by atoms with Gasteiger partial charge in [0.1, 0.15) is 11.6 Å². The summed E-state index contributed by atoms with van der Waals surface area (Å²) >= 11 is 7.54. The molecule has 174 valence electrons. The first-order valence-corrected chi connectivity index (χ1v) is 13.7. The van der Waals surface area contributed by atoms with Gasteiger partial charge in [0, 0.05) is 61.9 Å². The number of amides is 1. The lowest BCUT2D eigenvalue weighted by Crippen LogP contribution is -2.47. The molecule has 3 heterocycles. The Labute approximate surface area is 197 Å². The van der Waals surface area contributed by atoms with Crippen LogP contribution in [0.2, 0.25) is 5.02 Å². The van der Waals surface area contributed by atoms with Crippen molar-refractivity contribution in [2.24, 2.45) is 0 Å². The standard InChI is InChI=1S/C21H27ClN4O4S2/c1-13(2)19-23-21(31-24-19)25-9-6-14(7-10-25)26-11-8-17(20(26)27)30-15-4-5-18(16(22)12-15)32(3,28)29/h4-5,12-14,17H,6-11H2,1-3H3. The highest BCUT2D eigenvalue weighted by molar-refractivity contribution is 7.90. The van der Waals surface area contributed by atoms with Crippen LogP contribution in [0.3, 0.4) is 0 Å². The van der Waals surface area contributed by atoms with E-state index in [1.54, 1.807) is 6.07 Å². The Morgan fingerprint density at radius 1 is 1.19 bits per heavy atom. The van der Waals surface area contributed by atoms with E-state index in [1.807, 2.05) is 4.90 Å². The third kappa shape index (κ3) is 4.87. The fourth-order valence-electron chi connectivity index (χ4n) is 4.12. The minimum atomic E-state index is -3.41. The number of piperidine rings is 1. The maximum atomic E-state index is 13.0. The second kappa shape index (κ2) is 9.15. The molecule has 2 aromatic rings. The maximum absolute atomic E-state index is 13.0. The molecule has 11 heteroatoms. The van der Waals surface area contributed by atoms with Crippen LogP contribution in [0.25, 0.3) is 0 Å². The maximum Gasteiger partial charge on any atom is 0.263 e. The van der Waals surface area contributed by atoms with Crippen molar-refractivity contribution in [3.8, 4) is 5.75 Å². The second-order valence-corrected chi connectivity index (χ2v) is 11.7. The Kier molecular flexibility index (Phi) is 6.65. The predicted molar refractivity (Wildman–Crippen MR) is 125 cm³/mol. The van der Waals surface area contributed by atoms with Gasteiger partial charge in [0.05, 0.1) is 9.92 Å². The number of carbonyl (C=O) groups excluding carboxylic acids is 1. The molecule has 32 heavy (non-hydrogen) atoms. The van der Waals surface area contributed by atoms with Gasteiger partial charge in [0.15, 0.2) is 15.9 Å². The van der Waals surface area contributed by atoms with Crippen LogP contribution in [0.5, 0.6) is 5.75 Å². The molecular formula is C21H27ClN4O4S2. The number of rotatable bonds is 6. The van der Waals surface area contributed by atoms with Gasteiger partial charge < -0.3 is 14.5 Å². The van der Waals surface area contributed by atoms with E-state index < -0.39 is 15.9 Å². The monoisotopic (exact) mass is 498 g/mol. The van der Waals surface area contributed by atoms with Gasteiger partial charge in [-0.15, -0.1) is 0 Å². The minimum Gasteiger partial charge on any atom is -0.480 e. The fraction of sp³-hybridized carbons (Fsp3) is 0.571. The molecule has 1 atom stereocenters. The lowest BCUT2D eigenvalue weighted by atomic mass is 10.0. The van der Waals surface area contributed by atoms with Gasteiger partial charge in [0.25, 0.3) is 5.91 Å². The summed E-state index contributed by atoms with van der Waals surface area (Å²) < 4.78 is 33.8. The van der Waals surface area contributed by atoms with Crippen molar-refractivity contribution < 1.29 is 17.9 Å². The van der Waals surface area contributed by atoms with E-state index in [2.05, 4.69) is 28.1 Å². The number of ether oxygens (including phenoxy) is 1. The SMILES string of the molecule is CC(C)c1nsc(N2CCC(N3CCC(Oc4ccc(S(C)(=O)=O)c(Cl)c4)C3=O)CC2)n1. The van der Waals surface area contributed by atoms with E-state index in [4.69, 9.17) is 16.3 Å². The molecule has 0 aliphatic carbocycles. The van der Waals surface area contributed by atoms with Crippen LogP contribution in [0, 0.1) is 0 Å². The largest absolute Gasteiger partial charge is 0.480 e. The number of aromatic nitrogens is 2. The van der Waals surface area contributed by atoms with E-state index >= 15 is 0 Å². The third-order valence-electron chi connectivity index (χ3n) is 5.90. The van der Waals surface area contributed by atoms with Crippen molar-refractivity contribution in [2.75, 3.05) is 30.8 Å². The van der Waals surface area contributed by atoms with Crippen LogP contribution >= 0.6 is 23.1 Å². The molecule has 2 fully saturated rings. The van der Waals surface area contributed by atoms with Crippen LogP contribution in [0.1, 0.15) is 44.9 Å². The molecule has 8 nitrogen and oxygen atoms in total. The van der Waals surface area contributed by atoms with Crippen LogP contribution in [-0.2, 0) is 14.6 Å². The summed E-state index contributed by atoms with van der Waals surface area (Å²) in [7, 11) is -3.41. The first kappa shape index (κ1) is 23.3. The molecule has 2 aliphatic rings. The van der Waals surface area contributed by atoms with Gasteiger partial charge >= 0.3 is 0 Å². The van der Waals surface area contributed by atoms with Crippen molar-refractivity contribution in [3.63, 3.8) is 0 Å². The van der Waals surface area contributed by atoms with Crippen molar-refractivity contribution in [3.05, 3.63) is 29.0 Å². The Morgan fingerprint density at radius 3 is 2.50 bits per heavy atom. The van der Waals surface area contributed by atoms with Crippen LogP contribution in [0.4, 0.5) is 5.13 Å². The molecule has 1 amide bonds. The zero-order valence-electron chi connectivity index (χ0n) is 18.3. The highest BCUT2D eigenvalue weighted by Gasteiger charge is 2.39. The normalized spacial score (nSPS) is 20.4. The highest BCUT2D eigenvalue weighted by atomic mass is 35.5. The van der Waals surface area contributed by atoms with E-state index in [0.717, 1.165) is 43.1 Å². The molecule has 4 rings (SSSR count). The smallest absolute Gasteiger partial charge is 0.263 e. The first-order chi connectivity index (χ1) is 15.1. The summed E-state index contributed by atoms with van der Waals surface area (Å²) in [5.74, 6) is 1.57. The molecule has 0 spiro atoms. The third-order valence-corrected chi connectivity index (χ3v) is 8.27. The molecule has 0 saturated carbocycles. The fourth-order valence-corrected chi connectivity index (χ4v) is 6.30. The van der Waals surface area contributed by atoms with Crippen molar-refractivity contribution in [2.45, 2.75) is 56.1 Å². The highest BCUT2D eigenvalue weighted by Crippen LogP contribution is 2.31. The van der Waals surface area contributed by atoms with E-state index in [9.17, 15) is 13.2 Å². The van der Waals surface area contributed by atoms with Gasteiger partial charge in [-0.2, -0.15) is 4.37 Å². The number of benzene rings is 1. The molecule has 2 saturated heterocycles. The Bertz CT molecular complexity index is 1100. The van der Waals surface area contributed by atoms with Gasteiger partial charge in [-0.3, -0.25) is 4.79 Å². The minimum absolute atomic E-state index is 0.0234. The predicted octanol–water partition coefficient (Wildman–Crippen LogP) is 3.37. The Hall–Kier alpha value is -1.91. The van der Waals surface area contributed by atoms with Crippen molar-refractivity contribution >= 4 is 44.0 Å². The topological polar surface area (TPSA) is 92.7 Å². The summed E-state index contributed by atoms with van der Waals surface area (Å²) in [6.45, 7) is 6.51. The van der Waals surface area contributed by atoms with Crippen LogP contribution in [0.15, 0.2) is 23.1 Å².